The van der Waals surface area contributed by atoms with E-state index >= 15 is 0 Å². The van der Waals surface area contributed by atoms with Gasteiger partial charge >= 0.3 is 0 Å². The fourth-order valence-corrected chi connectivity index (χ4v) is 3.18. The van der Waals surface area contributed by atoms with E-state index < -0.39 is 0 Å². The average Bonchev–Trinajstić information content (AvgIpc) is 3.37. The van der Waals surface area contributed by atoms with Gasteiger partial charge in [0.1, 0.15) is 11.9 Å². The van der Waals surface area contributed by atoms with Crippen molar-refractivity contribution in [2.45, 2.75) is 19.0 Å². The van der Waals surface area contributed by atoms with Crippen LogP contribution in [0.4, 0.5) is 0 Å². The number of aromatic nitrogens is 4. The molecule has 1 fully saturated rings. The van der Waals surface area contributed by atoms with Crippen LogP contribution in [0.3, 0.4) is 0 Å². The van der Waals surface area contributed by atoms with E-state index in [4.69, 9.17) is 5.26 Å². The second-order valence-corrected chi connectivity index (χ2v) is 6.08. The lowest BCUT2D eigenvalue weighted by molar-refractivity contribution is 0.281. The highest BCUT2D eigenvalue weighted by Crippen LogP contribution is 2.28. The van der Waals surface area contributed by atoms with Crippen molar-refractivity contribution in [1.82, 2.24) is 24.4 Å². The van der Waals surface area contributed by atoms with Crippen molar-refractivity contribution in [2.75, 3.05) is 6.54 Å². The fourth-order valence-electron chi connectivity index (χ4n) is 3.18. The minimum atomic E-state index is 0.0230. The summed E-state index contributed by atoms with van der Waals surface area (Å²) in [7, 11) is 0. The Bertz CT molecular complexity index is 1020. The van der Waals surface area contributed by atoms with Crippen molar-refractivity contribution >= 4 is 0 Å². The van der Waals surface area contributed by atoms with Gasteiger partial charge in [0.05, 0.1) is 23.7 Å². The minimum absolute atomic E-state index is 0.0230. The van der Waals surface area contributed by atoms with Gasteiger partial charge < -0.3 is 4.57 Å². The molecule has 0 saturated carbocycles. The van der Waals surface area contributed by atoms with Crippen LogP contribution >= 0.6 is 0 Å². The zero-order valence-corrected chi connectivity index (χ0v) is 13.9. The molecule has 2 aromatic heterocycles. The molecule has 1 saturated heterocycles. The Balaban J connectivity index is 1.65. The van der Waals surface area contributed by atoms with E-state index in [-0.39, 0.29) is 6.17 Å². The van der Waals surface area contributed by atoms with Gasteiger partial charge in [0, 0.05) is 24.5 Å². The van der Waals surface area contributed by atoms with E-state index in [1.165, 1.54) is 0 Å². The van der Waals surface area contributed by atoms with Crippen LogP contribution in [0.2, 0.25) is 0 Å². The zero-order chi connectivity index (χ0) is 17.9. The summed E-state index contributed by atoms with van der Waals surface area (Å²) in [6.45, 7) is 0.779. The molecule has 0 spiro atoms. The van der Waals surface area contributed by atoms with Gasteiger partial charge in [-0.1, -0.05) is 12.1 Å². The molecule has 0 N–H and O–H groups in total. The summed E-state index contributed by atoms with van der Waals surface area (Å²) in [5, 5.41) is 18.3. The number of hydrogen-bond donors (Lipinski definition) is 0. The minimum Gasteiger partial charge on any atom is -0.315 e. The van der Waals surface area contributed by atoms with Gasteiger partial charge in [-0.05, 0) is 31.0 Å². The molecule has 0 unspecified atom stereocenters. The summed E-state index contributed by atoms with van der Waals surface area (Å²) in [4.78, 5) is 15.1. The molecule has 1 aliphatic rings. The Labute approximate surface area is 150 Å². The molecule has 3 heterocycles. The Hall–Kier alpha value is -3.71. The van der Waals surface area contributed by atoms with Crippen molar-refractivity contribution in [3.8, 4) is 35.0 Å². The van der Waals surface area contributed by atoms with Crippen LogP contribution < -0.4 is 0 Å². The fraction of sp³-hybridized carbons (Fsp3) is 0.211. The first-order chi connectivity index (χ1) is 12.8. The standard InChI is InChI=1S/C19H15N7/c20-10-14-3-1-4-15(9-14)19-22-7-6-16(24-19)17-11-26(13-23-17)18-5-2-8-25(18)12-21/h1,3-4,6-7,9,11,13,18H,2,5,8H2/t18-/m1/s1. The summed E-state index contributed by atoms with van der Waals surface area (Å²) in [6.07, 6.45) is 9.53. The first-order valence-electron chi connectivity index (χ1n) is 8.32. The predicted molar refractivity (Wildman–Crippen MR) is 94.0 cm³/mol. The number of benzene rings is 1. The van der Waals surface area contributed by atoms with Gasteiger partial charge in [0.15, 0.2) is 12.0 Å². The predicted octanol–water partition coefficient (Wildman–Crippen LogP) is 2.95. The molecule has 1 aliphatic heterocycles. The molecule has 3 aromatic rings. The summed E-state index contributed by atoms with van der Waals surface area (Å²) in [5.41, 5.74) is 2.79. The molecule has 0 radical (unpaired) electrons. The molecule has 1 aromatic carbocycles. The molecular formula is C19H15N7. The van der Waals surface area contributed by atoms with E-state index in [1.54, 1.807) is 35.6 Å². The third-order valence-electron chi connectivity index (χ3n) is 4.46. The van der Waals surface area contributed by atoms with Crippen LogP contribution in [0.1, 0.15) is 24.6 Å². The van der Waals surface area contributed by atoms with Crippen molar-refractivity contribution in [3.05, 3.63) is 54.6 Å². The molecule has 7 heteroatoms. The second kappa shape index (κ2) is 6.66. The first kappa shape index (κ1) is 15.8. The van der Waals surface area contributed by atoms with E-state index in [0.29, 0.717) is 17.1 Å². The SMILES string of the molecule is N#Cc1cccc(-c2nccc(-c3cn([C@@H]4CCCN4C#N)cn3)n2)c1. The van der Waals surface area contributed by atoms with E-state index in [2.05, 4.69) is 27.2 Å². The smallest absolute Gasteiger partial charge is 0.181 e. The highest BCUT2D eigenvalue weighted by molar-refractivity contribution is 5.62. The highest BCUT2D eigenvalue weighted by atomic mass is 15.3. The second-order valence-electron chi connectivity index (χ2n) is 6.08. The third kappa shape index (κ3) is 2.87. The molecule has 26 heavy (non-hydrogen) atoms. The summed E-state index contributed by atoms with van der Waals surface area (Å²) < 4.78 is 1.96. The van der Waals surface area contributed by atoms with Crippen LogP contribution in [0.5, 0.6) is 0 Å². The van der Waals surface area contributed by atoms with Crippen molar-refractivity contribution < 1.29 is 0 Å². The molecule has 7 nitrogen and oxygen atoms in total. The maximum atomic E-state index is 9.23. The number of likely N-dealkylation sites (tertiary alicyclic amines) is 1. The zero-order valence-electron chi connectivity index (χ0n) is 13.9. The quantitative estimate of drug-likeness (QED) is 0.680. The Morgan fingerprint density at radius 3 is 2.88 bits per heavy atom. The number of imidazole rings is 1. The Morgan fingerprint density at radius 1 is 1.12 bits per heavy atom. The van der Waals surface area contributed by atoms with Crippen molar-refractivity contribution in [3.63, 3.8) is 0 Å². The topological polar surface area (TPSA) is 94.4 Å². The van der Waals surface area contributed by atoms with Crippen LogP contribution in [-0.4, -0.2) is 31.0 Å². The van der Waals surface area contributed by atoms with Crippen molar-refractivity contribution in [2.24, 2.45) is 0 Å². The van der Waals surface area contributed by atoms with E-state index in [1.807, 2.05) is 22.9 Å². The third-order valence-corrected chi connectivity index (χ3v) is 4.46. The molecule has 0 aliphatic carbocycles. The summed E-state index contributed by atoms with van der Waals surface area (Å²) >= 11 is 0. The largest absolute Gasteiger partial charge is 0.315 e. The van der Waals surface area contributed by atoms with Gasteiger partial charge in [0.2, 0.25) is 0 Å². The Morgan fingerprint density at radius 2 is 2.04 bits per heavy atom. The van der Waals surface area contributed by atoms with Gasteiger partial charge in [-0.15, -0.1) is 0 Å². The molecular weight excluding hydrogens is 326 g/mol. The van der Waals surface area contributed by atoms with Gasteiger partial charge in [-0.25, -0.2) is 15.0 Å². The summed E-state index contributed by atoms with van der Waals surface area (Å²) in [5.74, 6) is 0.550. The average molecular weight is 341 g/mol. The maximum absolute atomic E-state index is 9.23. The lowest BCUT2D eigenvalue weighted by Crippen LogP contribution is -2.21. The van der Waals surface area contributed by atoms with Gasteiger partial charge in [-0.3, -0.25) is 4.90 Å². The van der Waals surface area contributed by atoms with Crippen LogP contribution in [0.15, 0.2) is 49.1 Å². The van der Waals surface area contributed by atoms with Gasteiger partial charge in [-0.2, -0.15) is 10.5 Å². The van der Waals surface area contributed by atoms with E-state index in [0.717, 1.165) is 30.6 Å². The molecule has 1 atom stereocenters. The highest BCUT2D eigenvalue weighted by Gasteiger charge is 2.25. The number of nitriles is 2. The first-order valence-corrected chi connectivity index (χ1v) is 8.32. The molecule has 4 rings (SSSR count). The van der Waals surface area contributed by atoms with Crippen LogP contribution in [0, 0.1) is 22.8 Å². The monoisotopic (exact) mass is 341 g/mol. The normalized spacial score (nSPS) is 16.2. The number of hydrogen-bond acceptors (Lipinski definition) is 6. The molecule has 0 amide bonds. The maximum Gasteiger partial charge on any atom is 0.181 e. The lowest BCUT2D eigenvalue weighted by Gasteiger charge is -2.18. The van der Waals surface area contributed by atoms with Gasteiger partial charge in [0.25, 0.3) is 0 Å². The number of nitrogens with zero attached hydrogens (tertiary/aromatic N) is 7. The number of rotatable bonds is 3. The summed E-state index contributed by atoms with van der Waals surface area (Å²) in [6, 6.07) is 11.1. The Kier molecular flexibility index (Phi) is 4.04. The van der Waals surface area contributed by atoms with E-state index in [9.17, 15) is 5.26 Å². The van der Waals surface area contributed by atoms with Crippen molar-refractivity contribution in [1.29, 1.82) is 10.5 Å². The molecule has 126 valence electrons. The lowest BCUT2D eigenvalue weighted by atomic mass is 10.1. The van der Waals surface area contributed by atoms with Crippen LogP contribution in [0.25, 0.3) is 22.8 Å². The van der Waals surface area contributed by atoms with Crippen LogP contribution in [-0.2, 0) is 0 Å². The molecule has 0 bridgehead atoms.